The zero-order valence-corrected chi connectivity index (χ0v) is 29.6. The lowest BCUT2D eigenvalue weighted by Crippen LogP contribution is -2.67. The van der Waals surface area contributed by atoms with Gasteiger partial charge in [0.2, 0.25) is 5.91 Å². The first-order chi connectivity index (χ1) is 22.4. The topological polar surface area (TPSA) is 129 Å². The largest absolute Gasteiger partial charge is 0.350 e. The number of alkyl halides is 2. The summed E-state index contributed by atoms with van der Waals surface area (Å²) >= 11 is 0. The van der Waals surface area contributed by atoms with Crippen molar-refractivity contribution in [3.05, 3.63) is 11.6 Å². The number of likely N-dealkylation sites (tertiary alicyclic amines) is 2. The van der Waals surface area contributed by atoms with Crippen LogP contribution in [0.5, 0.6) is 0 Å². The van der Waals surface area contributed by atoms with Gasteiger partial charge >= 0.3 is 0 Å². The van der Waals surface area contributed by atoms with Crippen LogP contribution < -0.4 is 27.4 Å². The molecule has 0 bridgehead atoms. The van der Waals surface area contributed by atoms with Crippen LogP contribution in [0.2, 0.25) is 0 Å². The molecular weight excluding hydrogens is 600 g/mol. The molecule has 11 heteroatoms. The van der Waals surface area contributed by atoms with Crippen molar-refractivity contribution in [3.8, 4) is 0 Å². The predicted molar refractivity (Wildman–Crippen MR) is 185 cm³/mol. The fourth-order valence-corrected chi connectivity index (χ4v) is 8.66. The zero-order valence-electron chi connectivity index (χ0n) is 29.6. The molecule has 3 heterocycles. The number of ketones is 1. The Kier molecular flexibility index (Phi) is 15.1. The summed E-state index contributed by atoms with van der Waals surface area (Å²) in [6, 6.07) is -0.364. The molecule has 1 amide bonds. The minimum absolute atomic E-state index is 0.0669. The van der Waals surface area contributed by atoms with Gasteiger partial charge in [-0.1, -0.05) is 37.7 Å². The minimum atomic E-state index is -1.17. The molecular formula is C36H65F2N7O2. The predicted octanol–water partition coefficient (Wildman–Crippen LogP) is 3.42. The molecule has 0 aromatic carbocycles. The number of carbonyl (C=O) groups excluding carboxylic acids is 2. The van der Waals surface area contributed by atoms with Crippen molar-refractivity contribution in [2.75, 3.05) is 39.8 Å². The molecule has 4 fully saturated rings. The number of hydrogen-bond donors (Lipinski definition) is 5. The highest BCUT2D eigenvalue weighted by molar-refractivity contribution is 5.92. The molecule has 7 N–H and O–H groups in total. The molecule has 0 radical (unpaired) electrons. The first-order valence-corrected chi connectivity index (χ1v) is 18.6. The van der Waals surface area contributed by atoms with Gasteiger partial charge in [-0.25, -0.2) is 8.78 Å². The number of nitrogens with zero attached hydrogens (tertiary/aromatic N) is 2. The third kappa shape index (κ3) is 11.0. The van der Waals surface area contributed by atoms with E-state index in [9.17, 15) is 14.0 Å². The summed E-state index contributed by atoms with van der Waals surface area (Å²) in [5, 5.41) is 9.34. The average Bonchev–Trinajstić information content (AvgIpc) is 3.35. The molecule has 8 unspecified atom stereocenters. The normalized spacial score (nSPS) is 31.2. The van der Waals surface area contributed by atoms with E-state index >= 15 is 4.39 Å². The van der Waals surface area contributed by atoms with E-state index in [2.05, 4.69) is 46.6 Å². The molecule has 4 aliphatic rings. The van der Waals surface area contributed by atoms with Crippen molar-refractivity contribution in [2.45, 2.75) is 147 Å². The summed E-state index contributed by atoms with van der Waals surface area (Å²) in [5.74, 6) is -0.420. The number of nitrogens with two attached hydrogens (primary N) is 2. The summed E-state index contributed by atoms with van der Waals surface area (Å²) in [6.07, 6.45) is 10.9. The SMILES string of the molecule is C/C(=C/C(=O)C1CCN(C2C(F)CNCC2NC(=O)C(C(N)N)C(C)NCC(F)CCC2CCCCC2)CC1)CC1CCC(C)N1C. The molecule has 0 spiro atoms. The zero-order chi connectivity index (χ0) is 34.1. The summed E-state index contributed by atoms with van der Waals surface area (Å²) in [4.78, 5) is 31.3. The fraction of sp³-hybridized carbons (Fsp3) is 0.889. The smallest absolute Gasteiger partial charge is 0.227 e. The van der Waals surface area contributed by atoms with Gasteiger partial charge in [-0.15, -0.1) is 0 Å². The Morgan fingerprint density at radius 2 is 1.74 bits per heavy atom. The highest BCUT2D eigenvalue weighted by Gasteiger charge is 2.42. The number of carbonyl (C=O) groups is 2. The summed E-state index contributed by atoms with van der Waals surface area (Å²) < 4.78 is 30.3. The van der Waals surface area contributed by atoms with Crippen molar-refractivity contribution in [1.82, 2.24) is 25.8 Å². The van der Waals surface area contributed by atoms with E-state index in [1.807, 2.05) is 13.0 Å². The first-order valence-electron chi connectivity index (χ1n) is 18.6. The molecule has 0 aromatic rings. The van der Waals surface area contributed by atoms with Gasteiger partial charge in [-0.3, -0.25) is 14.5 Å². The quantitative estimate of drug-likeness (QED) is 0.133. The van der Waals surface area contributed by atoms with Crippen LogP contribution in [0.1, 0.15) is 97.8 Å². The van der Waals surface area contributed by atoms with Gasteiger partial charge in [0.1, 0.15) is 12.3 Å². The van der Waals surface area contributed by atoms with E-state index < -0.39 is 42.6 Å². The van der Waals surface area contributed by atoms with Crippen LogP contribution in [0.3, 0.4) is 0 Å². The lowest BCUT2D eigenvalue weighted by molar-refractivity contribution is -0.128. The number of piperidine rings is 2. The molecule has 270 valence electrons. The van der Waals surface area contributed by atoms with E-state index in [4.69, 9.17) is 11.5 Å². The molecule has 4 rings (SSSR count). The highest BCUT2D eigenvalue weighted by Crippen LogP contribution is 2.30. The van der Waals surface area contributed by atoms with E-state index in [0.717, 1.165) is 18.4 Å². The Bertz CT molecular complexity index is 1020. The molecule has 0 aromatic heterocycles. The van der Waals surface area contributed by atoms with Gasteiger partial charge < -0.3 is 32.3 Å². The van der Waals surface area contributed by atoms with Gasteiger partial charge in [-0.2, -0.15) is 0 Å². The van der Waals surface area contributed by atoms with Crippen molar-refractivity contribution in [2.24, 2.45) is 29.2 Å². The van der Waals surface area contributed by atoms with E-state index in [1.165, 1.54) is 44.9 Å². The van der Waals surface area contributed by atoms with Crippen LogP contribution in [0, 0.1) is 17.8 Å². The van der Waals surface area contributed by atoms with E-state index in [0.29, 0.717) is 56.9 Å². The van der Waals surface area contributed by atoms with Crippen molar-refractivity contribution < 1.29 is 18.4 Å². The Hall–Kier alpha value is -1.50. The number of hydrogen-bond acceptors (Lipinski definition) is 8. The van der Waals surface area contributed by atoms with Gasteiger partial charge in [0, 0.05) is 43.7 Å². The van der Waals surface area contributed by atoms with E-state index in [1.54, 1.807) is 0 Å². The standard InChI is InChI=1S/C36H65F2N7O2/c1-23(18-29-13-10-24(2)44(29)4)19-32(46)27-14-16-45(17-15-27)34-30(38)21-41-22-31(34)43-36(47)33(35(39)40)25(3)42-20-28(37)12-11-26-8-6-5-7-9-26/h19,24-31,33-35,41-42H,5-18,20-22,39-40H2,1-4H3,(H,43,47)/b23-19-. The molecule has 3 saturated heterocycles. The van der Waals surface area contributed by atoms with Gasteiger partial charge in [-0.05, 0) is 97.8 Å². The maximum Gasteiger partial charge on any atom is 0.227 e. The molecule has 1 aliphatic carbocycles. The third-order valence-corrected chi connectivity index (χ3v) is 11.8. The Balaban J connectivity index is 1.27. The van der Waals surface area contributed by atoms with Crippen molar-refractivity contribution >= 4 is 11.7 Å². The Morgan fingerprint density at radius 1 is 1.04 bits per heavy atom. The van der Waals surface area contributed by atoms with Crippen LogP contribution in [0.4, 0.5) is 8.78 Å². The number of halogens is 2. The minimum Gasteiger partial charge on any atom is -0.350 e. The monoisotopic (exact) mass is 666 g/mol. The van der Waals surface area contributed by atoms with Crippen LogP contribution in [-0.4, -0.2) is 110 Å². The van der Waals surface area contributed by atoms with E-state index in [-0.39, 0.29) is 30.7 Å². The van der Waals surface area contributed by atoms with Crippen LogP contribution in [0.25, 0.3) is 0 Å². The van der Waals surface area contributed by atoms with Gasteiger partial charge in [0.15, 0.2) is 5.78 Å². The summed E-state index contributed by atoms with van der Waals surface area (Å²) in [5.41, 5.74) is 13.3. The second kappa shape index (κ2) is 18.5. The Labute approximate surface area is 282 Å². The molecule has 47 heavy (non-hydrogen) atoms. The number of rotatable bonds is 15. The lowest BCUT2D eigenvalue weighted by atomic mass is 9.85. The summed E-state index contributed by atoms with van der Waals surface area (Å²) in [7, 11) is 2.17. The molecule has 3 aliphatic heterocycles. The maximum atomic E-state index is 15.5. The average molecular weight is 666 g/mol. The summed E-state index contributed by atoms with van der Waals surface area (Å²) in [6.45, 7) is 8.10. The number of amides is 1. The van der Waals surface area contributed by atoms with Crippen LogP contribution in [-0.2, 0) is 9.59 Å². The molecule has 1 saturated carbocycles. The second-order valence-corrected chi connectivity index (χ2v) is 15.4. The van der Waals surface area contributed by atoms with Crippen molar-refractivity contribution in [1.29, 1.82) is 0 Å². The number of nitrogens with one attached hydrogen (secondary N) is 3. The van der Waals surface area contributed by atoms with Crippen LogP contribution >= 0.6 is 0 Å². The molecule has 9 nitrogen and oxygen atoms in total. The first kappa shape index (κ1) is 38.3. The van der Waals surface area contributed by atoms with Crippen molar-refractivity contribution in [3.63, 3.8) is 0 Å². The lowest BCUT2D eigenvalue weighted by Gasteiger charge is -2.45. The van der Waals surface area contributed by atoms with Crippen LogP contribution in [0.15, 0.2) is 11.6 Å². The maximum absolute atomic E-state index is 15.5. The third-order valence-electron chi connectivity index (χ3n) is 11.8. The Morgan fingerprint density at radius 3 is 2.38 bits per heavy atom. The van der Waals surface area contributed by atoms with Gasteiger partial charge in [0.05, 0.1) is 24.2 Å². The number of allylic oxidation sites excluding steroid dienone is 1. The van der Waals surface area contributed by atoms with Gasteiger partial charge in [0.25, 0.3) is 0 Å². The fourth-order valence-electron chi connectivity index (χ4n) is 8.66. The highest BCUT2D eigenvalue weighted by atomic mass is 19.1. The molecule has 8 atom stereocenters. The second-order valence-electron chi connectivity index (χ2n) is 15.4.